The number of halogens is 2. The first-order valence-corrected chi connectivity index (χ1v) is 13.3. The second-order valence-corrected chi connectivity index (χ2v) is 10.3. The largest absolute Gasteiger partial charge is 0.505 e. The Morgan fingerprint density at radius 2 is 1.76 bits per heavy atom. The minimum Gasteiger partial charge on any atom is -0.505 e. The van der Waals surface area contributed by atoms with Gasteiger partial charge in [-0.25, -0.2) is 0 Å². The number of carbonyl (C=O) groups excluding carboxylic acids is 1. The third-order valence-corrected chi connectivity index (χ3v) is 7.36. The van der Waals surface area contributed by atoms with Gasteiger partial charge in [0.25, 0.3) is 16.0 Å². The van der Waals surface area contributed by atoms with Crippen molar-refractivity contribution in [2.45, 2.75) is 18.2 Å². The SMILES string of the molecule is CCc1cc(S(=O)(=O)O)c(Cl)cc1N=Nc1c(O)c(C(=O)Nc2cc(OC)ccc2Cl)cc2ccccc12. The van der Waals surface area contributed by atoms with E-state index < -0.39 is 26.7 Å². The lowest BCUT2D eigenvalue weighted by molar-refractivity contribution is 0.102. The van der Waals surface area contributed by atoms with E-state index in [1.54, 1.807) is 49.4 Å². The summed E-state index contributed by atoms with van der Waals surface area (Å²) < 4.78 is 37.9. The molecule has 0 bridgehead atoms. The van der Waals surface area contributed by atoms with Crippen molar-refractivity contribution < 1.29 is 27.6 Å². The monoisotopic (exact) mass is 573 g/mol. The molecule has 3 N–H and O–H groups in total. The van der Waals surface area contributed by atoms with E-state index in [1.165, 1.54) is 25.3 Å². The summed E-state index contributed by atoms with van der Waals surface area (Å²) in [6.45, 7) is 1.76. The Morgan fingerprint density at radius 3 is 2.45 bits per heavy atom. The van der Waals surface area contributed by atoms with E-state index in [4.69, 9.17) is 27.9 Å². The summed E-state index contributed by atoms with van der Waals surface area (Å²) in [5.41, 5.74) is 0.893. The van der Waals surface area contributed by atoms with Crippen LogP contribution in [0.15, 0.2) is 75.8 Å². The molecule has 0 atom stereocenters. The van der Waals surface area contributed by atoms with Gasteiger partial charge in [0.15, 0.2) is 5.75 Å². The Balaban J connectivity index is 1.81. The second kappa shape index (κ2) is 11.0. The summed E-state index contributed by atoms with van der Waals surface area (Å²) in [5.74, 6) is -0.593. The molecule has 0 fully saturated rings. The molecule has 38 heavy (non-hydrogen) atoms. The molecule has 0 aromatic heterocycles. The first-order valence-electron chi connectivity index (χ1n) is 11.1. The number of nitrogens with zero attached hydrogens (tertiary/aromatic N) is 2. The van der Waals surface area contributed by atoms with E-state index in [2.05, 4.69) is 15.5 Å². The first-order chi connectivity index (χ1) is 18.0. The number of phenols is 1. The number of hydrogen-bond acceptors (Lipinski definition) is 7. The Hall–Kier alpha value is -3.70. The van der Waals surface area contributed by atoms with Crippen molar-refractivity contribution >= 4 is 67.1 Å². The number of carbonyl (C=O) groups is 1. The molecule has 4 aromatic rings. The number of azo groups is 1. The maximum atomic E-state index is 13.2. The number of nitrogens with one attached hydrogen (secondary N) is 1. The molecule has 9 nitrogen and oxygen atoms in total. The molecule has 12 heteroatoms. The van der Waals surface area contributed by atoms with Crippen LogP contribution < -0.4 is 10.1 Å². The Bertz CT molecular complexity index is 1710. The molecule has 0 heterocycles. The van der Waals surface area contributed by atoms with Gasteiger partial charge in [-0.15, -0.1) is 5.11 Å². The highest BCUT2D eigenvalue weighted by atomic mass is 35.5. The first kappa shape index (κ1) is 27.3. The molecular formula is C26H21Cl2N3O6S. The average molecular weight is 574 g/mol. The van der Waals surface area contributed by atoms with Gasteiger partial charge in [-0.3, -0.25) is 9.35 Å². The zero-order valence-electron chi connectivity index (χ0n) is 20.1. The minimum atomic E-state index is -4.54. The summed E-state index contributed by atoms with van der Waals surface area (Å²) in [6, 6.07) is 15.7. The number of phenolic OH excluding ortho intramolecular Hbond substituents is 1. The molecular weight excluding hydrogens is 553 g/mol. The zero-order valence-corrected chi connectivity index (χ0v) is 22.4. The number of ether oxygens (including phenoxy) is 1. The average Bonchev–Trinajstić information content (AvgIpc) is 2.88. The lowest BCUT2D eigenvalue weighted by Gasteiger charge is -2.13. The van der Waals surface area contributed by atoms with Gasteiger partial charge in [-0.05, 0) is 47.7 Å². The van der Waals surface area contributed by atoms with Gasteiger partial charge in [0.2, 0.25) is 0 Å². The number of aromatic hydroxyl groups is 1. The molecule has 0 aliphatic carbocycles. The zero-order chi connectivity index (χ0) is 27.6. The van der Waals surface area contributed by atoms with Crippen molar-refractivity contribution in [3.8, 4) is 11.5 Å². The normalized spacial score (nSPS) is 11.7. The van der Waals surface area contributed by atoms with Gasteiger partial charge in [0, 0.05) is 11.5 Å². The number of hydrogen-bond donors (Lipinski definition) is 3. The van der Waals surface area contributed by atoms with Crippen LogP contribution in [0.1, 0.15) is 22.8 Å². The summed E-state index contributed by atoms with van der Waals surface area (Å²) in [6.07, 6.45) is 0.352. The lowest BCUT2D eigenvalue weighted by atomic mass is 10.0. The van der Waals surface area contributed by atoms with Crippen molar-refractivity contribution in [3.05, 3.63) is 81.8 Å². The number of amides is 1. The molecule has 4 aromatic carbocycles. The van der Waals surface area contributed by atoms with Gasteiger partial charge in [-0.1, -0.05) is 54.4 Å². The molecule has 196 valence electrons. The molecule has 0 aliphatic heterocycles. The maximum Gasteiger partial charge on any atom is 0.296 e. The molecule has 0 unspecified atom stereocenters. The van der Waals surface area contributed by atoms with Crippen molar-refractivity contribution in [1.82, 2.24) is 0 Å². The fraction of sp³-hybridized carbons (Fsp3) is 0.115. The van der Waals surface area contributed by atoms with Crippen molar-refractivity contribution in [2.24, 2.45) is 10.2 Å². The van der Waals surface area contributed by atoms with Crippen molar-refractivity contribution in [2.75, 3.05) is 12.4 Å². The van der Waals surface area contributed by atoms with Crippen LogP contribution in [-0.2, 0) is 16.5 Å². The Labute approximate surface area is 228 Å². The van der Waals surface area contributed by atoms with E-state index in [-0.39, 0.29) is 32.7 Å². The number of fused-ring (bicyclic) bond motifs is 1. The van der Waals surface area contributed by atoms with E-state index in [0.717, 1.165) is 0 Å². The molecule has 0 saturated heterocycles. The van der Waals surface area contributed by atoms with E-state index in [1.807, 2.05) is 0 Å². The Kier molecular flexibility index (Phi) is 7.89. The molecule has 0 aliphatic rings. The smallest absolute Gasteiger partial charge is 0.296 e. The van der Waals surface area contributed by atoms with E-state index in [9.17, 15) is 22.9 Å². The molecule has 1 amide bonds. The van der Waals surface area contributed by atoms with Crippen LogP contribution in [0, 0.1) is 0 Å². The van der Waals surface area contributed by atoms with E-state index >= 15 is 0 Å². The van der Waals surface area contributed by atoms with Gasteiger partial charge < -0.3 is 15.2 Å². The topological polar surface area (TPSA) is 138 Å². The van der Waals surface area contributed by atoms with Gasteiger partial charge in [0.05, 0.1) is 34.1 Å². The second-order valence-electron chi connectivity index (χ2n) is 8.08. The number of aryl methyl sites for hydroxylation is 1. The predicted molar refractivity (Wildman–Crippen MR) is 146 cm³/mol. The van der Waals surface area contributed by atoms with Crippen molar-refractivity contribution in [3.63, 3.8) is 0 Å². The van der Waals surface area contributed by atoms with Crippen LogP contribution in [0.25, 0.3) is 10.8 Å². The fourth-order valence-corrected chi connectivity index (χ4v) is 4.98. The van der Waals surface area contributed by atoms with Crippen LogP contribution in [0.5, 0.6) is 11.5 Å². The summed E-state index contributed by atoms with van der Waals surface area (Å²) in [5, 5.41) is 23.4. The highest BCUT2D eigenvalue weighted by Gasteiger charge is 2.21. The summed E-state index contributed by atoms with van der Waals surface area (Å²) in [7, 11) is -3.06. The van der Waals surface area contributed by atoms with Crippen LogP contribution in [-0.4, -0.2) is 31.1 Å². The molecule has 0 spiro atoms. The Morgan fingerprint density at radius 1 is 1.03 bits per heavy atom. The minimum absolute atomic E-state index is 0.0158. The summed E-state index contributed by atoms with van der Waals surface area (Å²) >= 11 is 12.3. The standard InChI is InChI=1S/C26H21Cl2N3O6S/c1-3-14-11-23(38(34,35)36)20(28)13-21(14)30-31-24-17-7-5-4-6-15(17)10-18(25(24)32)26(33)29-22-12-16(37-2)8-9-19(22)27/h4-13,32H,3H2,1-2H3,(H,29,33)(H,34,35,36). The third kappa shape index (κ3) is 5.58. The van der Waals surface area contributed by atoms with Gasteiger partial charge in [-0.2, -0.15) is 13.5 Å². The maximum absolute atomic E-state index is 13.2. The lowest BCUT2D eigenvalue weighted by Crippen LogP contribution is -2.12. The number of methoxy groups -OCH3 is 1. The highest BCUT2D eigenvalue weighted by molar-refractivity contribution is 7.86. The predicted octanol–water partition coefficient (Wildman–Crippen LogP) is 7.34. The van der Waals surface area contributed by atoms with E-state index in [0.29, 0.717) is 28.5 Å². The van der Waals surface area contributed by atoms with Gasteiger partial charge in [0.1, 0.15) is 16.3 Å². The molecule has 0 radical (unpaired) electrons. The molecule has 0 saturated carbocycles. The quantitative estimate of drug-likeness (QED) is 0.156. The van der Waals surface area contributed by atoms with Crippen LogP contribution in [0.2, 0.25) is 10.0 Å². The molecule has 4 rings (SSSR count). The fourth-order valence-electron chi connectivity index (χ4n) is 3.77. The van der Waals surface area contributed by atoms with Crippen LogP contribution in [0.4, 0.5) is 17.1 Å². The third-order valence-electron chi connectivity index (χ3n) is 5.71. The number of rotatable bonds is 7. The summed E-state index contributed by atoms with van der Waals surface area (Å²) in [4.78, 5) is 12.7. The van der Waals surface area contributed by atoms with Gasteiger partial charge >= 0.3 is 0 Å². The van der Waals surface area contributed by atoms with Crippen molar-refractivity contribution in [1.29, 1.82) is 0 Å². The van der Waals surface area contributed by atoms with Crippen LogP contribution >= 0.6 is 23.2 Å². The number of benzene rings is 4. The van der Waals surface area contributed by atoms with Crippen LogP contribution in [0.3, 0.4) is 0 Å². The number of anilines is 1. The highest BCUT2D eigenvalue weighted by Crippen LogP contribution is 2.41.